The normalized spacial score (nSPS) is 10.6. The van der Waals surface area contributed by atoms with E-state index in [1.807, 2.05) is 55.5 Å². The molecule has 0 aliphatic heterocycles. The molecule has 0 amide bonds. The second-order valence-electron chi connectivity index (χ2n) is 5.02. The Hall–Kier alpha value is -2.75. The average Bonchev–Trinajstić information content (AvgIpc) is 2.61. The van der Waals surface area contributed by atoms with E-state index in [0.717, 1.165) is 22.6 Å². The number of carbonyl (C=O) groups excluding carboxylic acids is 1. The van der Waals surface area contributed by atoms with Gasteiger partial charge in [0, 0.05) is 6.08 Å². The summed E-state index contributed by atoms with van der Waals surface area (Å²) in [6.07, 6.45) is 3.13. The van der Waals surface area contributed by atoms with Crippen LogP contribution in [0.4, 0.5) is 0 Å². The van der Waals surface area contributed by atoms with Crippen molar-refractivity contribution in [3.05, 3.63) is 65.7 Å². The molecule has 24 heavy (non-hydrogen) atoms. The summed E-state index contributed by atoms with van der Waals surface area (Å²) >= 11 is 0. The average molecular weight is 326 g/mol. The van der Waals surface area contributed by atoms with Gasteiger partial charge >= 0.3 is 5.97 Å². The molecule has 0 saturated heterocycles. The maximum absolute atomic E-state index is 11.3. The van der Waals surface area contributed by atoms with Gasteiger partial charge in [-0.1, -0.05) is 24.3 Å². The highest BCUT2D eigenvalue weighted by molar-refractivity contribution is 5.87. The van der Waals surface area contributed by atoms with Gasteiger partial charge in [-0.3, -0.25) is 0 Å². The lowest BCUT2D eigenvalue weighted by Crippen LogP contribution is -1.98. The highest BCUT2D eigenvalue weighted by Gasteiger charge is 1.99. The molecule has 0 N–H and O–H groups in total. The lowest BCUT2D eigenvalue weighted by atomic mass is 10.2. The summed E-state index contributed by atoms with van der Waals surface area (Å²) in [4.78, 5) is 11.3. The quantitative estimate of drug-likeness (QED) is 0.537. The lowest BCUT2D eigenvalue weighted by molar-refractivity contribution is -0.137. The topological polar surface area (TPSA) is 44.8 Å². The van der Waals surface area contributed by atoms with Crippen molar-refractivity contribution in [2.45, 2.75) is 20.5 Å². The van der Waals surface area contributed by atoms with Crippen LogP contribution in [0.5, 0.6) is 11.5 Å². The van der Waals surface area contributed by atoms with Crippen LogP contribution in [0, 0.1) is 0 Å². The Morgan fingerprint density at radius 1 is 0.875 bits per heavy atom. The van der Waals surface area contributed by atoms with E-state index in [-0.39, 0.29) is 5.97 Å². The zero-order valence-electron chi connectivity index (χ0n) is 14.0. The number of hydrogen-bond donors (Lipinski definition) is 0. The van der Waals surface area contributed by atoms with Crippen LogP contribution in [0.3, 0.4) is 0 Å². The minimum Gasteiger partial charge on any atom is -0.494 e. The Labute approximate surface area is 142 Å². The van der Waals surface area contributed by atoms with Crippen molar-refractivity contribution < 1.29 is 19.0 Å². The van der Waals surface area contributed by atoms with Crippen molar-refractivity contribution in [3.8, 4) is 11.5 Å². The predicted octanol–water partition coefficient (Wildman–Crippen LogP) is 4.24. The van der Waals surface area contributed by atoms with E-state index in [4.69, 9.17) is 14.2 Å². The van der Waals surface area contributed by atoms with Gasteiger partial charge in [0.05, 0.1) is 13.2 Å². The van der Waals surface area contributed by atoms with Crippen LogP contribution in [0.25, 0.3) is 6.08 Å². The number of carbonyl (C=O) groups is 1. The predicted molar refractivity (Wildman–Crippen MR) is 94.1 cm³/mol. The maximum atomic E-state index is 11.3. The van der Waals surface area contributed by atoms with E-state index in [9.17, 15) is 4.79 Å². The first-order valence-corrected chi connectivity index (χ1v) is 8.00. The van der Waals surface area contributed by atoms with E-state index in [1.165, 1.54) is 6.08 Å². The van der Waals surface area contributed by atoms with E-state index < -0.39 is 0 Å². The summed E-state index contributed by atoms with van der Waals surface area (Å²) in [6, 6.07) is 15.4. The van der Waals surface area contributed by atoms with Crippen molar-refractivity contribution in [3.63, 3.8) is 0 Å². The van der Waals surface area contributed by atoms with Crippen LogP contribution in [-0.2, 0) is 16.1 Å². The fourth-order valence-corrected chi connectivity index (χ4v) is 2.05. The molecule has 0 spiro atoms. The third-order valence-corrected chi connectivity index (χ3v) is 3.22. The molecule has 2 rings (SSSR count). The van der Waals surface area contributed by atoms with Crippen LogP contribution in [-0.4, -0.2) is 19.2 Å². The molecule has 0 aromatic heterocycles. The smallest absolute Gasteiger partial charge is 0.330 e. The molecule has 0 atom stereocenters. The standard InChI is InChI=1S/C20H22O4/c1-3-22-18-12-7-17(8-13-18)15-24-19-10-5-16(6-11-19)9-14-20(21)23-4-2/h5-14H,3-4,15H2,1-2H3/b14-9+. The molecule has 126 valence electrons. The highest BCUT2D eigenvalue weighted by atomic mass is 16.5. The summed E-state index contributed by atoms with van der Waals surface area (Å²) in [5.74, 6) is 1.30. The van der Waals surface area contributed by atoms with Crippen molar-refractivity contribution in [2.24, 2.45) is 0 Å². The number of ether oxygens (including phenoxy) is 3. The number of benzene rings is 2. The second kappa shape index (κ2) is 9.40. The van der Waals surface area contributed by atoms with Crippen molar-refractivity contribution in [1.29, 1.82) is 0 Å². The Balaban J connectivity index is 1.86. The van der Waals surface area contributed by atoms with E-state index in [0.29, 0.717) is 19.8 Å². The highest BCUT2D eigenvalue weighted by Crippen LogP contribution is 2.17. The van der Waals surface area contributed by atoms with Gasteiger partial charge in [-0.15, -0.1) is 0 Å². The molecule has 0 radical (unpaired) electrons. The van der Waals surface area contributed by atoms with Crippen LogP contribution in [0.1, 0.15) is 25.0 Å². The molecule has 0 aliphatic carbocycles. The first-order valence-electron chi connectivity index (χ1n) is 8.00. The Bertz CT molecular complexity index is 657. The minimum atomic E-state index is -0.340. The molecule has 0 fully saturated rings. The van der Waals surface area contributed by atoms with Crippen molar-refractivity contribution in [1.82, 2.24) is 0 Å². The molecule has 0 unspecified atom stereocenters. The lowest BCUT2D eigenvalue weighted by Gasteiger charge is -2.08. The van der Waals surface area contributed by atoms with Gasteiger partial charge < -0.3 is 14.2 Å². The van der Waals surface area contributed by atoms with Gasteiger partial charge in [-0.25, -0.2) is 4.79 Å². The van der Waals surface area contributed by atoms with E-state index in [1.54, 1.807) is 13.0 Å². The first-order chi connectivity index (χ1) is 11.7. The molecule has 2 aromatic carbocycles. The molecule has 4 heteroatoms. The molecule has 2 aromatic rings. The summed E-state index contributed by atoms with van der Waals surface area (Å²) in [5.41, 5.74) is 1.99. The summed E-state index contributed by atoms with van der Waals surface area (Å²) < 4.78 is 16.0. The maximum Gasteiger partial charge on any atom is 0.330 e. The van der Waals surface area contributed by atoms with E-state index >= 15 is 0 Å². The molecular formula is C20H22O4. The van der Waals surface area contributed by atoms with E-state index in [2.05, 4.69) is 0 Å². The summed E-state index contributed by atoms with van der Waals surface area (Å²) in [7, 11) is 0. The van der Waals surface area contributed by atoms with Crippen LogP contribution >= 0.6 is 0 Å². The fraction of sp³-hybridized carbons (Fsp3) is 0.250. The molecule has 0 aliphatic rings. The van der Waals surface area contributed by atoms with Gasteiger partial charge in [0.25, 0.3) is 0 Å². The Morgan fingerprint density at radius 2 is 1.50 bits per heavy atom. The summed E-state index contributed by atoms with van der Waals surface area (Å²) in [5, 5.41) is 0. The Morgan fingerprint density at radius 3 is 2.12 bits per heavy atom. The number of hydrogen-bond acceptors (Lipinski definition) is 4. The molecule has 0 saturated carbocycles. The zero-order chi connectivity index (χ0) is 17.2. The van der Waals surface area contributed by atoms with Crippen molar-refractivity contribution >= 4 is 12.0 Å². The monoisotopic (exact) mass is 326 g/mol. The molecular weight excluding hydrogens is 304 g/mol. The van der Waals surface area contributed by atoms with Crippen LogP contribution in [0.2, 0.25) is 0 Å². The zero-order valence-corrected chi connectivity index (χ0v) is 14.0. The van der Waals surface area contributed by atoms with Gasteiger partial charge in [-0.05, 0) is 55.3 Å². The molecule has 4 nitrogen and oxygen atoms in total. The number of esters is 1. The first kappa shape index (κ1) is 17.6. The van der Waals surface area contributed by atoms with Crippen LogP contribution in [0.15, 0.2) is 54.6 Å². The fourth-order valence-electron chi connectivity index (χ4n) is 2.05. The molecule has 0 heterocycles. The van der Waals surface area contributed by atoms with Gasteiger partial charge in [0.1, 0.15) is 18.1 Å². The third kappa shape index (κ3) is 5.80. The largest absolute Gasteiger partial charge is 0.494 e. The molecule has 0 bridgehead atoms. The Kier molecular flexibility index (Phi) is 6.90. The third-order valence-electron chi connectivity index (χ3n) is 3.22. The van der Waals surface area contributed by atoms with Crippen LogP contribution < -0.4 is 9.47 Å². The summed E-state index contributed by atoms with van der Waals surface area (Å²) in [6.45, 7) is 5.27. The van der Waals surface area contributed by atoms with Crippen molar-refractivity contribution in [2.75, 3.05) is 13.2 Å². The van der Waals surface area contributed by atoms with Gasteiger partial charge in [0.2, 0.25) is 0 Å². The number of rotatable bonds is 8. The minimum absolute atomic E-state index is 0.340. The van der Waals surface area contributed by atoms with Gasteiger partial charge in [0.15, 0.2) is 0 Å². The van der Waals surface area contributed by atoms with Gasteiger partial charge in [-0.2, -0.15) is 0 Å². The SMILES string of the molecule is CCOC(=O)/C=C/c1ccc(OCc2ccc(OCC)cc2)cc1. The second-order valence-corrected chi connectivity index (χ2v) is 5.02.